The SMILES string of the molecule is COC1=C(c2ccccc2Cl)CCC[C@@H]1O. The zero-order chi connectivity index (χ0) is 11.5. The molecule has 16 heavy (non-hydrogen) atoms. The average Bonchev–Trinajstić information content (AvgIpc) is 2.29. The number of rotatable bonds is 2. The van der Waals surface area contributed by atoms with Crippen LogP contribution in [0.4, 0.5) is 0 Å². The third kappa shape index (κ3) is 2.08. The molecule has 2 nitrogen and oxygen atoms in total. The van der Waals surface area contributed by atoms with Gasteiger partial charge in [0.2, 0.25) is 0 Å². The minimum absolute atomic E-state index is 0.495. The normalized spacial score (nSPS) is 21.1. The number of ether oxygens (including phenoxy) is 1. The van der Waals surface area contributed by atoms with Crippen LogP contribution < -0.4 is 0 Å². The summed E-state index contributed by atoms with van der Waals surface area (Å²) in [7, 11) is 1.60. The fourth-order valence-electron chi connectivity index (χ4n) is 2.16. The summed E-state index contributed by atoms with van der Waals surface area (Å²) in [4.78, 5) is 0. The van der Waals surface area contributed by atoms with Gasteiger partial charge in [0, 0.05) is 10.6 Å². The van der Waals surface area contributed by atoms with Crippen molar-refractivity contribution >= 4 is 17.2 Å². The Morgan fingerprint density at radius 3 is 2.81 bits per heavy atom. The lowest BCUT2D eigenvalue weighted by Crippen LogP contribution is -2.18. The van der Waals surface area contributed by atoms with Gasteiger partial charge in [0.25, 0.3) is 0 Å². The van der Waals surface area contributed by atoms with Crippen LogP contribution in [-0.4, -0.2) is 18.3 Å². The monoisotopic (exact) mass is 238 g/mol. The van der Waals surface area contributed by atoms with Gasteiger partial charge < -0.3 is 9.84 Å². The molecule has 2 rings (SSSR count). The standard InChI is InChI=1S/C13H15ClO2/c1-16-13-10(6-4-8-12(13)15)9-5-2-3-7-11(9)14/h2-3,5,7,12,15H,4,6,8H2,1H3/t12-/m0/s1. The number of hydrogen-bond donors (Lipinski definition) is 1. The van der Waals surface area contributed by atoms with Crippen molar-refractivity contribution in [3.05, 3.63) is 40.6 Å². The van der Waals surface area contributed by atoms with E-state index >= 15 is 0 Å². The van der Waals surface area contributed by atoms with Gasteiger partial charge >= 0.3 is 0 Å². The van der Waals surface area contributed by atoms with E-state index in [2.05, 4.69) is 0 Å². The minimum atomic E-state index is -0.495. The summed E-state index contributed by atoms with van der Waals surface area (Å²) >= 11 is 6.16. The molecule has 1 aromatic rings. The molecule has 86 valence electrons. The molecule has 0 unspecified atom stereocenters. The number of aliphatic hydroxyl groups is 1. The number of benzene rings is 1. The molecule has 1 aliphatic rings. The Balaban J connectivity index is 2.49. The lowest BCUT2D eigenvalue weighted by Gasteiger charge is -2.24. The van der Waals surface area contributed by atoms with E-state index in [0.717, 1.165) is 30.4 Å². The molecule has 0 saturated heterocycles. The second kappa shape index (κ2) is 4.89. The number of hydrogen-bond acceptors (Lipinski definition) is 2. The smallest absolute Gasteiger partial charge is 0.128 e. The van der Waals surface area contributed by atoms with Crippen molar-refractivity contribution < 1.29 is 9.84 Å². The molecule has 0 aromatic heterocycles. The fraction of sp³-hybridized carbons (Fsp3) is 0.385. The van der Waals surface area contributed by atoms with Crippen LogP contribution in [-0.2, 0) is 4.74 Å². The summed E-state index contributed by atoms with van der Waals surface area (Å²) < 4.78 is 5.30. The van der Waals surface area contributed by atoms with Gasteiger partial charge in [-0.05, 0) is 30.9 Å². The lowest BCUT2D eigenvalue weighted by atomic mass is 9.90. The highest BCUT2D eigenvalue weighted by Gasteiger charge is 2.23. The highest BCUT2D eigenvalue weighted by atomic mass is 35.5. The van der Waals surface area contributed by atoms with E-state index in [1.165, 1.54) is 0 Å². The van der Waals surface area contributed by atoms with Crippen LogP contribution in [0.1, 0.15) is 24.8 Å². The minimum Gasteiger partial charge on any atom is -0.498 e. The average molecular weight is 239 g/mol. The van der Waals surface area contributed by atoms with Gasteiger partial charge in [-0.3, -0.25) is 0 Å². The Bertz CT molecular complexity index is 412. The summed E-state index contributed by atoms with van der Waals surface area (Å²) in [6, 6.07) is 7.67. The van der Waals surface area contributed by atoms with E-state index in [1.54, 1.807) is 7.11 Å². The second-order valence-electron chi connectivity index (χ2n) is 3.93. The molecule has 0 spiro atoms. The number of halogens is 1. The van der Waals surface area contributed by atoms with Crippen LogP contribution in [0.5, 0.6) is 0 Å². The highest BCUT2D eigenvalue weighted by molar-refractivity contribution is 6.32. The van der Waals surface area contributed by atoms with Crippen molar-refractivity contribution in [2.75, 3.05) is 7.11 Å². The number of aliphatic hydroxyl groups excluding tert-OH is 1. The summed E-state index contributed by atoms with van der Waals surface area (Å²) in [5.74, 6) is 0.666. The van der Waals surface area contributed by atoms with E-state index in [9.17, 15) is 5.11 Å². The topological polar surface area (TPSA) is 29.5 Å². The lowest BCUT2D eigenvalue weighted by molar-refractivity contribution is 0.115. The molecule has 0 radical (unpaired) electrons. The molecule has 0 bridgehead atoms. The third-order valence-electron chi connectivity index (χ3n) is 2.92. The van der Waals surface area contributed by atoms with Crippen molar-refractivity contribution in [3.63, 3.8) is 0 Å². The maximum atomic E-state index is 9.87. The van der Waals surface area contributed by atoms with Crippen molar-refractivity contribution in [1.82, 2.24) is 0 Å². The molecule has 3 heteroatoms. The quantitative estimate of drug-likeness (QED) is 0.857. The first-order valence-corrected chi connectivity index (χ1v) is 5.82. The van der Waals surface area contributed by atoms with Crippen LogP contribution in [0.2, 0.25) is 5.02 Å². The molecule has 0 aliphatic heterocycles. The van der Waals surface area contributed by atoms with E-state index < -0.39 is 6.10 Å². The van der Waals surface area contributed by atoms with Crippen LogP contribution in [0.3, 0.4) is 0 Å². The molecule has 0 saturated carbocycles. The Hall–Kier alpha value is -0.990. The van der Waals surface area contributed by atoms with Crippen molar-refractivity contribution in [2.45, 2.75) is 25.4 Å². The largest absolute Gasteiger partial charge is 0.498 e. The number of methoxy groups -OCH3 is 1. The highest BCUT2D eigenvalue weighted by Crippen LogP contribution is 2.35. The van der Waals surface area contributed by atoms with Gasteiger partial charge in [-0.1, -0.05) is 29.8 Å². The molecule has 0 amide bonds. The second-order valence-corrected chi connectivity index (χ2v) is 4.34. The van der Waals surface area contributed by atoms with Gasteiger partial charge in [0.1, 0.15) is 11.9 Å². The van der Waals surface area contributed by atoms with Crippen LogP contribution >= 0.6 is 11.6 Å². The van der Waals surface area contributed by atoms with E-state index in [0.29, 0.717) is 10.8 Å². The summed E-state index contributed by atoms with van der Waals surface area (Å²) in [6.07, 6.45) is 2.14. The molecule has 1 N–H and O–H groups in total. The number of allylic oxidation sites excluding steroid dienone is 1. The van der Waals surface area contributed by atoms with Gasteiger partial charge in [-0.15, -0.1) is 0 Å². The maximum Gasteiger partial charge on any atom is 0.128 e. The summed E-state index contributed by atoms with van der Waals surface area (Å²) in [6.45, 7) is 0. The van der Waals surface area contributed by atoms with Crippen molar-refractivity contribution in [2.24, 2.45) is 0 Å². The Morgan fingerprint density at radius 1 is 1.38 bits per heavy atom. The predicted octanol–water partition coefficient (Wildman–Crippen LogP) is 3.24. The molecule has 0 fully saturated rings. The first-order valence-electron chi connectivity index (χ1n) is 5.44. The zero-order valence-corrected chi connectivity index (χ0v) is 10.00. The third-order valence-corrected chi connectivity index (χ3v) is 3.25. The zero-order valence-electron chi connectivity index (χ0n) is 9.24. The van der Waals surface area contributed by atoms with Gasteiger partial charge in [-0.2, -0.15) is 0 Å². The molecular weight excluding hydrogens is 224 g/mol. The first-order chi connectivity index (χ1) is 7.74. The Morgan fingerprint density at radius 2 is 2.12 bits per heavy atom. The van der Waals surface area contributed by atoms with Crippen LogP contribution in [0.15, 0.2) is 30.0 Å². The van der Waals surface area contributed by atoms with Gasteiger partial charge in [0.15, 0.2) is 0 Å². The van der Waals surface area contributed by atoms with E-state index in [4.69, 9.17) is 16.3 Å². The van der Waals surface area contributed by atoms with Gasteiger partial charge in [0.05, 0.1) is 7.11 Å². The summed E-state index contributed by atoms with van der Waals surface area (Å²) in [5, 5.41) is 10.6. The predicted molar refractivity (Wildman–Crippen MR) is 65.2 cm³/mol. The van der Waals surface area contributed by atoms with Gasteiger partial charge in [-0.25, -0.2) is 0 Å². The van der Waals surface area contributed by atoms with Crippen LogP contribution in [0, 0.1) is 0 Å². The molecule has 0 heterocycles. The van der Waals surface area contributed by atoms with Crippen molar-refractivity contribution in [1.29, 1.82) is 0 Å². The summed E-state index contributed by atoms with van der Waals surface area (Å²) in [5.41, 5.74) is 2.01. The molecule has 1 aromatic carbocycles. The van der Waals surface area contributed by atoms with E-state index in [1.807, 2.05) is 24.3 Å². The van der Waals surface area contributed by atoms with E-state index in [-0.39, 0.29) is 0 Å². The fourth-order valence-corrected chi connectivity index (χ4v) is 2.41. The molecule has 1 aliphatic carbocycles. The maximum absolute atomic E-state index is 9.87. The Labute approximate surface area is 101 Å². The van der Waals surface area contributed by atoms with Crippen LogP contribution in [0.25, 0.3) is 5.57 Å². The van der Waals surface area contributed by atoms with Crippen molar-refractivity contribution in [3.8, 4) is 0 Å². The molecule has 1 atom stereocenters. The first kappa shape index (κ1) is 11.5. The Kier molecular flexibility index (Phi) is 3.52. The molecular formula is C13H15ClO2.